The third-order valence-corrected chi connectivity index (χ3v) is 2.38. The Morgan fingerprint density at radius 3 is 2.89 bits per heavy atom. The van der Waals surface area contributed by atoms with Crippen LogP contribution in [-0.2, 0) is 9.53 Å². The molecular weight excluding hydrogens is 226 g/mol. The average Bonchev–Trinajstić information content (AvgIpc) is 2.53. The molecule has 1 aliphatic rings. The highest BCUT2D eigenvalue weighted by atomic mass is 16.5. The predicted molar refractivity (Wildman–Crippen MR) is 73.6 cm³/mol. The highest BCUT2D eigenvalue weighted by molar-refractivity contribution is 5.79. The van der Waals surface area contributed by atoms with Crippen LogP contribution in [-0.4, -0.2) is 25.6 Å². The van der Waals surface area contributed by atoms with Crippen LogP contribution in [0, 0.1) is 0 Å². The fraction of sp³-hybridized carbons (Fsp3) is 0.533. The lowest BCUT2D eigenvalue weighted by molar-refractivity contribution is -0.143. The molecule has 3 heteroatoms. The molecule has 0 aromatic heterocycles. The fourth-order valence-electron chi connectivity index (χ4n) is 1.59. The summed E-state index contributed by atoms with van der Waals surface area (Å²) in [5, 5.41) is 1.93. The van der Waals surface area contributed by atoms with Gasteiger partial charge < -0.3 is 10.1 Å². The molecule has 1 aliphatic heterocycles. The maximum Gasteiger partial charge on any atom is 0.314 e. The maximum absolute atomic E-state index is 12.4. The van der Waals surface area contributed by atoms with Crippen molar-refractivity contribution in [3.63, 3.8) is 0 Å². The third kappa shape index (κ3) is 3.33. The number of hydrogen-bond acceptors (Lipinski definition) is 3. The van der Waals surface area contributed by atoms with E-state index < -0.39 is 43.5 Å². The molecule has 2 rings (SSSR count). The summed E-state index contributed by atoms with van der Waals surface area (Å²) in [4.78, 5) is 12.4. The lowest BCUT2D eigenvalue weighted by Crippen LogP contribution is -2.42. The number of methoxy groups -OCH3 is 1. The SMILES string of the molecule is C.[2H]C1([2H])NC([2H])(C(C(=O)OC)c2ccccc2)C([2H])([2H])C([2H])([2H])C1([2H])[2H]. The monoisotopic (exact) mass is 258 g/mol. The first-order valence-electron chi connectivity index (χ1n) is 9.59. The van der Waals surface area contributed by atoms with Crippen molar-refractivity contribution in [3.05, 3.63) is 35.9 Å². The van der Waals surface area contributed by atoms with Gasteiger partial charge in [-0.1, -0.05) is 44.1 Å². The van der Waals surface area contributed by atoms with Crippen LogP contribution in [0.5, 0.6) is 0 Å². The van der Waals surface area contributed by atoms with Gasteiger partial charge in [0.15, 0.2) is 0 Å². The second kappa shape index (κ2) is 7.17. The smallest absolute Gasteiger partial charge is 0.314 e. The molecule has 2 unspecified atom stereocenters. The van der Waals surface area contributed by atoms with Gasteiger partial charge in [-0.05, 0) is 24.8 Å². The molecule has 0 amide bonds. The Bertz CT molecular complexity index is 696. The second-order valence-corrected chi connectivity index (χ2v) is 3.41. The summed E-state index contributed by atoms with van der Waals surface area (Å²) in [5.74, 6) is -2.82. The Balaban J connectivity index is 0.00000364. The number of benzene rings is 1. The molecule has 1 N–H and O–H groups in total. The van der Waals surface area contributed by atoms with Crippen molar-refractivity contribution < 1.29 is 21.9 Å². The van der Waals surface area contributed by atoms with Gasteiger partial charge in [0.2, 0.25) is 0 Å². The second-order valence-electron chi connectivity index (χ2n) is 3.41. The van der Waals surface area contributed by atoms with Gasteiger partial charge in [-0.25, -0.2) is 0 Å². The number of rotatable bonds is 3. The van der Waals surface area contributed by atoms with Gasteiger partial charge >= 0.3 is 5.97 Å². The molecule has 0 saturated carbocycles. The summed E-state index contributed by atoms with van der Waals surface area (Å²) in [6.45, 7) is -3.13. The summed E-state index contributed by atoms with van der Waals surface area (Å²) in [6.07, 6.45) is -10.0. The van der Waals surface area contributed by atoms with E-state index in [2.05, 4.69) is 4.74 Å². The van der Waals surface area contributed by atoms with Gasteiger partial charge in [0.05, 0.1) is 13.0 Å². The number of carbonyl (C=O) groups is 1. The zero-order valence-corrected chi connectivity index (χ0v) is 9.28. The van der Waals surface area contributed by atoms with Crippen LogP contribution in [0.1, 0.15) is 50.4 Å². The van der Waals surface area contributed by atoms with Gasteiger partial charge in [-0.3, -0.25) is 4.79 Å². The summed E-state index contributed by atoms with van der Waals surface area (Å²) in [5.41, 5.74) is 0.111. The van der Waals surface area contributed by atoms with E-state index in [0.717, 1.165) is 7.11 Å². The molecule has 1 fully saturated rings. The standard InChI is InChI=1S/C14H19NO2.CH4/c1-17-14(16)13(11-7-3-2-4-8-11)12-9-5-6-10-15-12;/h2-4,7-8,12-13,15H,5-6,9-10H2,1H3;1H4/i5D2,6D2,9D2,10D2,12D;. The predicted octanol–water partition coefficient (Wildman–Crippen LogP) is 2.72. The third-order valence-electron chi connectivity index (χ3n) is 2.38. The first kappa shape index (κ1) is 6.20. The zero-order chi connectivity index (χ0) is 20.2. The maximum atomic E-state index is 12.4. The van der Waals surface area contributed by atoms with E-state index in [-0.39, 0.29) is 13.0 Å². The van der Waals surface area contributed by atoms with Crippen LogP contribution in [0.3, 0.4) is 0 Å². The molecule has 0 spiro atoms. The molecule has 18 heavy (non-hydrogen) atoms. The van der Waals surface area contributed by atoms with E-state index >= 15 is 0 Å². The fourth-order valence-corrected chi connectivity index (χ4v) is 1.59. The van der Waals surface area contributed by atoms with Gasteiger partial charge in [0.1, 0.15) is 0 Å². The van der Waals surface area contributed by atoms with Gasteiger partial charge in [-0.15, -0.1) is 0 Å². The van der Waals surface area contributed by atoms with Crippen molar-refractivity contribution in [3.8, 4) is 0 Å². The summed E-state index contributed by atoms with van der Waals surface area (Å²) >= 11 is 0. The molecule has 0 bridgehead atoms. The number of carbonyl (C=O) groups excluding carboxylic acids is 1. The van der Waals surface area contributed by atoms with Crippen LogP contribution >= 0.6 is 0 Å². The molecule has 1 aromatic rings. The van der Waals surface area contributed by atoms with Crippen molar-refractivity contribution in [2.24, 2.45) is 0 Å². The molecule has 3 nitrogen and oxygen atoms in total. The zero-order valence-electron chi connectivity index (χ0n) is 18.3. The lowest BCUT2D eigenvalue weighted by atomic mass is 9.86. The van der Waals surface area contributed by atoms with E-state index in [4.69, 9.17) is 12.3 Å². The number of ether oxygens (including phenoxy) is 1. The van der Waals surface area contributed by atoms with Gasteiger partial charge in [-0.2, -0.15) is 0 Å². The quantitative estimate of drug-likeness (QED) is 0.847. The van der Waals surface area contributed by atoms with Gasteiger partial charge in [0, 0.05) is 18.4 Å². The highest BCUT2D eigenvalue weighted by Crippen LogP contribution is 2.26. The van der Waals surface area contributed by atoms with E-state index in [1.807, 2.05) is 5.32 Å². The molecule has 100 valence electrons. The Hall–Kier alpha value is -1.35. The van der Waals surface area contributed by atoms with Crippen molar-refractivity contribution in [1.82, 2.24) is 5.32 Å². The van der Waals surface area contributed by atoms with Gasteiger partial charge in [0.25, 0.3) is 0 Å². The van der Waals surface area contributed by atoms with Crippen LogP contribution < -0.4 is 5.32 Å². The Morgan fingerprint density at radius 1 is 1.50 bits per heavy atom. The molecule has 1 saturated heterocycles. The number of esters is 1. The summed E-state index contributed by atoms with van der Waals surface area (Å²) < 4.78 is 76.9. The van der Waals surface area contributed by atoms with E-state index in [0.29, 0.717) is 0 Å². The largest absolute Gasteiger partial charge is 0.469 e. The highest BCUT2D eigenvalue weighted by Gasteiger charge is 2.31. The average molecular weight is 258 g/mol. The summed E-state index contributed by atoms with van der Waals surface area (Å²) in [6, 6.07) is 4.59. The topological polar surface area (TPSA) is 38.3 Å². The first-order chi connectivity index (χ1) is 11.7. The Kier molecular flexibility index (Phi) is 2.47. The van der Waals surface area contributed by atoms with Crippen LogP contribution in [0.4, 0.5) is 0 Å². The van der Waals surface area contributed by atoms with E-state index in [9.17, 15) is 4.79 Å². The minimum absolute atomic E-state index is 0. The summed E-state index contributed by atoms with van der Waals surface area (Å²) in [7, 11) is 1.02. The van der Waals surface area contributed by atoms with Crippen LogP contribution in [0.25, 0.3) is 0 Å². The van der Waals surface area contributed by atoms with Crippen molar-refractivity contribution in [2.75, 3.05) is 13.6 Å². The van der Waals surface area contributed by atoms with Crippen molar-refractivity contribution in [2.45, 2.75) is 38.5 Å². The molecule has 1 aromatic carbocycles. The Morgan fingerprint density at radius 2 is 2.22 bits per heavy atom. The molecular formula is C15H23NO2. The molecule has 1 heterocycles. The first-order valence-corrected chi connectivity index (χ1v) is 5.09. The normalized spacial score (nSPS) is 43.3. The lowest BCUT2D eigenvalue weighted by Gasteiger charge is -2.29. The molecule has 0 radical (unpaired) electrons. The molecule has 2 atom stereocenters. The van der Waals surface area contributed by atoms with E-state index in [1.165, 1.54) is 24.3 Å². The van der Waals surface area contributed by atoms with E-state index in [1.54, 1.807) is 6.07 Å². The van der Waals surface area contributed by atoms with Crippen LogP contribution in [0.2, 0.25) is 0 Å². The Labute approximate surface area is 122 Å². The molecule has 0 aliphatic carbocycles. The number of piperidine rings is 1. The minimum atomic E-state index is -3.43. The van der Waals surface area contributed by atoms with Crippen molar-refractivity contribution >= 4 is 5.97 Å². The van der Waals surface area contributed by atoms with Crippen LogP contribution in [0.15, 0.2) is 30.3 Å². The number of nitrogens with one attached hydrogen (secondary N) is 1. The number of hydrogen-bond donors (Lipinski definition) is 1. The minimum Gasteiger partial charge on any atom is -0.469 e. The van der Waals surface area contributed by atoms with Crippen molar-refractivity contribution in [1.29, 1.82) is 0 Å².